The molecule has 0 radical (unpaired) electrons. The maximum absolute atomic E-state index is 12.9. The third-order valence-corrected chi connectivity index (χ3v) is 5.63. The third kappa shape index (κ3) is 5.11. The van der Waals surface area contributed by atoms with E-state index in [0.29, 0.717) is 0 Å². The number of halogens is 2. The lowest BCUT2D eigenvalue weighted by Gasteiger charge is -2.05. The molecule has 0 fully saturated rings. The zero-order valence-electron chi connectivity index (χ0n) is 12.9. The highest BCUT2D eigenvalue weighted by Gasteiger charge is 2.00. The first-order chi connectivity index (χ1) is 11.7. The van der Waals surface area contributed by atoms with E-state index in [-0.39, 0.29) is 11.6 Å². The van der Waals surface area contributed by atoms with Crippen LogP contribution in [0.2, 0.25) is 0 Å². The van der Waals surface area contributed by atoms with Crippen LogP contribution in [-0.2, 0) is 11.5 Å². The SMILES string of the molecule is Fc1ccc(SCc2ccc(CSc3ccc(F)cc3)cc2)cc1. The zero-order chi connectivity index (χ0) is 16.8. The van der Waals surface area contributed by atoms with Gasteiger partial charge >= 0.3 is 0 Å². The topological polar surface area (TPSA) is 0 Å². The van der Waals surface area contributed by atoms with E-state index in [2.05, 4.69) is 24.3 Å². The maximum Gasteiger partial charge on any atom is 0.123 e. The molecule has 24 heavy (non-hydrogen) atoms. The Labute approximate surface area is 149 Å². The first kappa shape index (κ1) is 17.1. The van der Waals surface area contributed by atoms with Gasteiger partial charge in [-0.2, -0.15) is 0 Å². The molecule has 0 saturated carbocycles. The van der Waals surface area contributed by atoms with Crippen LogP contribution in [-0.4, -0.2) is 0 Å². The average molecular weight is 358 g/mol. The number of hydrogen-bond acceptors (Lipinski definition) is 2. The van der Waals surface area contributed by atoms with Crippen molar-refractivity contribution in [3.05, 3.63) is 95.6 Å². The molecule has 0 N–H and O–H groups in total. The summed E-state index contributed by atoms with van der Waals surface area (Å²) >= 11 is 3.38. The van der Waals surface area contributed by atoms with E-state index in [4.69, 9.17) is 0 Å². The Morgan fingerprint density at radius 1 is 0.500 bits per heavy atom. The van der Waals surface area contributed by atoms with Gasteiger partial charge in [-0.15, -0.1) is 23.5 Å². The fourth-order valence-corrected chi connectivity index (χ4v) is 3.84. The van der Waals surface area contributed by atoms with E-state index in [0.717, 1.165) is 21.3 Å². The minimum atomic E-state index is -0.206. The summed E-state index contributed by atoms with van der Waals surface area (Å²) in [6.07, 6.45) is 0. The van der Waals surface area contributed by atoms with Gasteiger partial charge in [0, 0.05) is 21.3 Å². The molecule has 3 rings (SSSR count). The van der Waals surface area contributed by atoms with Crippen LogP contribution in [0.1, 0.15) is 11.1 Å². The Kier molecular flexibility index (Phi) is 5.94. The highest BCUT2D eigenvalue weighted by molar-refractivity contribution is 7.98. The number of rotatable bonds is 6. The van der Waals surface area contributed by atoms with Crippen molar-refractivity contribution in [2.24, 2.45) is 0 Å². The van der Waals surface area contributed by atoms with Crippen molar-refractivity contribution in [3.63, 3.8) is 0 Å². The molecule has 0 aliphatic heterocycles. The summed E-state index contributed by atoms with van der Waals surface area (Å²) in [6, 6.07) is 21.6. The van der Waals surface area contributed by atoms with Gasteiger partial charge in [0.05, 0.1) is 0 Å². The Hall–Kier alpha value is -1.78. The third-order valence-electron chi connectivity index (χ3n) is 3.46. The first-order valence-electron chi connectivity index (χ1n) is 7.53. The predicted molar refractivity (Wildman–Crippen MR) is 98.4 cm³/mol. The van der Waals surface area contributed by atoms with Gasteiger partial charge in [0.2, 0.25) is 0 Å². The molecular formula is C20H16F2S2. The second kappa shape index (κ2) is 8.36. The highest BCUT2D eigenvalue weighted by atomic mass is 32.2. The monoisotopic (exact) mass is 358 g/mol. The molecule has 4 heteroatoms. The minimum absolute atomic E-state index is 0.206. The second-order valence-electron chi connectivity index (χ2n) is 5.30. The van der Waals surface area contributed by atoms with Crippen molar-refractivity contribution in [3.8, 4) is 0 Å². The maximum atomic E-state index is 12.9. The molecule has 3 aromatic carbocycles. The molecule has 0 aromatic heterocycles. The summed E-state index contributed by atoms with van der Waals surface area (Å²) in [5.74, 6) is 1.30. The Morgan fingerprint density at radius 2 is 0.833 bits per heavy atom. The average Bonchev–Trinajstić information content (AvgIpc) is 2.62. The molecule has 0 nitrogen and oxygen atoms in total. The predicted octanol–water partition coefficient (Wildman–Crippen LogP) is 6.55. The van der Waals surface area contributed by atoms with E-state index in [9.17, 15) is 8.78 Å². The van der Waals surface area contributed by atoms with Gasteiger partial charge in [-0.25, -0.2) is 8.78 Å². The summed E-state index contributed by atoms with van der Waals surface area (Å²) in [6.45, 7) is 0. The van der Waals surface area contributed by atoms with Gasteiger partial charge in [0.1, 0.15) is 11.6 Å². The Bertz CT molecular complexity index is 698. The van der Waals surface area contributed by atoms with Crippen molar-refractivity contribution in [2.75, 3.05) is 0 Å². The largest absolute Gasteiger partial charge is 0.207 e. The van der Waals surface area contributed by atoms with Gasteiger partial charge in [-0.05, 0) is 59.7 Å². The molecular weight excluding hydrogens is 342 g/mol. The standard InChI is InChI=1S/C20H16F2S2/c21-17-5-9-19(10-6-17)23-13-15-1-2-16(4-3-15)14-24-20-11-7-18(22)8-12-20/h1-12H,13-14H2. The van der Waals surface area contributed by atoms with Crippen molar-refractivity contribution in [1.82, 2.24) is 0 Å². The fourth-order valence-electron chi connectivity index (χ4n) is 2.13. The first-order valence-corrected chi connectivity index (χ1v) is 9.51. The van der Waals surface area contributed by atoms with Crippen molar-refractivity contribution in [1.29, 1.82) is 0 Å². The zero-order valence-corrected chi connectivity index (χ0v) is 14.5. The van der Waals surface area contributed by atoms with Crippen LogP contribution in [0.25, 0.3) is 0 Å². The molecule has 122 valence electrons. The van der Waals surface area contributed by atoms with Crippen LogP contribution >= 0.6 is 23.5 Å². The Balaban J connectivity index is 1.51. The summed E-state index contributed by atoms with van der Waals surface area (Å²) in [5, 5.41) is 0. The number of hydrogen-bond donors (Lipinski definition) is 0. The molecule has 0 aliphatic carbocycles. The lowest BCUT2D eigenvalue weighted by Crippen LogP contribution is -1.85. The second-order valence-corrected chi connectivity index (χ2v) is 7.40. The minimum Gasteiger partial charge on any atom is -0.207 e. The van der Waals surface area contributed by atoms with Crippen LogP contribution in [0.3, 0.4) is 0 Å². The van der Waals surface area contributed by atoms with Crippen molar-refractivity contribution >= 4 is 23.5 Å². The highest BCUT2D eigenvalue weighted by Crippen LogP contribution is 2.25. The van der Waals surface area contributed by atoms with E-state index >= 15 is 0 Å². The van der Waals surface area contributed by atoms with Gasteiger partial charge < -0.3 is 0 Å². The summed E-state index contributed by atoms with van der Waals surface area (Å²) < 4.78 is 25.8. The van der Waals surface area contributed by atoms with E-state index in [1.54, 1.807) is 47.8 Å². The molecule has 3 aromatic rings. The van der Waals surface area contributed by atoms with Crippen molar-refractivity contribution < 1.29 is 8.78 Å². The van der Waals surface area contributed by atoms with Crippen molar-refractivity contribution in [2.45, 2.75) is 21.3 Å². The number of thioether (sulfide) groups is 2. The molecule has 0 saturated heterocycles. The van der Waals surface area contributed by atoms with Gasteiger partial charge in [-0.3, -0.25) is 0 Å². The summed E-state index contributed by atoms with van der Waals surface area (Å²) in [7, 11) is 0. The van der Waals surface area contributed by atoms with Crippen LogP contribution in [0, 0.1) is 11.6 Å². The molecule has 0 amide bonds. The van der Waals surface area contributed by atoms with Crippen LogP contribution < -0.4 is 0 Å². The van der Waals surface area contributed by atoms with E-state index in [1.807, 2.05) is 0 Å². The van der Waals surface area contributed by atoms with Gasteiger partial charge in [0.25, 0.3) is 0 Å². The lowest BCUT2D eigenvalue weighted by atomic mass is 10.2. The molecule has 0 spiro atoms. The summed E-state index contributed by atoms with van der Waals surface area (Å²) in [5.41, 5.74) is 2.47. The van der Waals surface area contributed by atoms with E-state index in [1.165, 1.54) is 35.4 Å². The lowest BCUT2D eigenvalue weighted by molar-refractivity contribution is 0.626. The van der Waals surface area contributed by atoms with E-state index < -0.39 is 0 Å². The molecule has 0 atom stereocenters. The van der Waals surface area contributed by atoms with Crippen LogP contribution in [0.15, 0.2) is 82.6 Å². The number of benzene rings is 3. The van der Waals surface area contributed by atoms with Crippen LogP contribution in [0.4, 0.5) is 8.78 Å². The molecule has 0 heterocycles. The smallest absolute Gasteiger partial charge is 0.123 e. The molecule has 0 aliphatic rings. The molecule has 0 bridgehead atoms. The van der Waals surface area contributed by atoms with Gasteiger partial charge in [-0.1, -0.05) is 24.3 Å². The Morgan fingerprint density at radius 3 is 1.17 bits per heavy atom. The van der Waals surface area contributed by atoms with Gasteiger partial charge in [0.15, 0.2) is 0 Å². The normalized spacial score (nSPS) is 10.8. The quantitative estimate of drug-likeness (QED) is 0.458. The summed E-state index contributed by atoms with van der Waals surface area (Å²) in [4.78, 5) is 2.12. The molecule has 0 unspecified atom stereocenters. The van der Waals surface area contributed by atoms with Crippen LogP contribution in [0.5, 0.6) is 0 Å². The fraction of sp³-hybridized carbons (Fsp3) is 0.100.